The highest BCUT2D eigenvalue weighted by molar-refractivity contribution is 5.44. The zero-order valence-electron chi connectivity index (χ0n) is 11.4. The number of hydrogen-bond acceptors (Lipinski definition) is 2. The first kappa shape index (κ1) is 14.0. The summed E-state index contributed by atoms with van der Waals surface area (Å²) >= 11 is 0. The Morgan fingerprint density at radius 2 is 1.82 bits per heavy atom. The quantitative estimate of drug-likeness (QED) is 0.695. The van der Waals surface area contributed by atoms with E-state index in [1.807, 2.05) is 0 Å². The lowest BCUT2D eigenvalue weighted by molar-refractivity contribution is 0.532. The van der Waals surface area contributed by atoms with Crippen LogP contribution in [0.2, 0.25) is 0 Å². The summed E-state index contributed by atoms with van der Waals surface area (Å²) in [5.41, 5.74) is 1.30. The molecule has 96 valence electrons. The summed E-state index contributed by atoms with van der Waals surface area (Å²) in [6, 6.07) is 10.6. The Bertz CT molecular complexity index is 282. The predicted octanol–water partition coefficient (Wildman–Crippen LogP) is 3.15. The van der Waals surface area contributed by atoms with Crippen molar-refractivity contribution in [1.29, 1.82) is 0 Å². The Kier molecular flexibility index (Phi) is 6.71. The lowest BCUT2D eigenvalue weighted by atomic mass is 10.1. The average Bonchev–Trinajstić information content (AvgIpc) is 2.34. The van der Waals surface area contributed by atoms with E-state index in [0.717, 1.165) is 25.6 Å². The molecule has 1 aromatic rings. The van der Waals surface area contributed by atoms with Crippen LogP contribution in [0.3, 0.4) is 0 Å². The Morgan fingerprint density at radius 3 is 2.47 bits per heavy atom. The van der Waals surface area contributed by atoms with Gasteiger partial charge in [0, 0.05) is 19.3 Å². The van der Waals surface area contributed by atoms with E-state index in [4.69, 9.17) is 0 Å². The average molecular weight is 234 g/mol. The van der Waals surface area contributed by atoms with Crippen molar-refractivity contribution in [3.05, 3.63) is 30.3 Å². The van der Waals surface area contributed by atoms with Gasteiger partial charge in [-0.25, -0.2) is 0 Å². The molecule has 0 saturated heterocycles. The second-order valence-corrected chi connectivity index (χ2v) is 5.04. The van der Waals surface area contributed by atoms with Crippen molar-refractivity contribution in [1.82, 2.24) is 5.32 Å². The smallest absolute Gasteiger partial charge is 0.0363 e. The molecule has 1 aromatic carbocycles. The molecule has 0 aliphatic carbocycles. The molecule has 0 aliphatic rings. The van der Waals surface area contributed by atoms with Gasteiger partial charge < -0.3 is 10.2 Å². The maximum Gasteiger partial charge on any atom is 0.0363 e. The Labute approximate surface area is 106 Å². The van der Waals surface area contributed by atoms with Gasteiger partial charge in [0.15, 0.2) is 0 Å². The fourth-order valence-corrected chi connectivity index (χ4v) is 1.77. The van der Waals surface area contributed by atoms with Gasteiger partial charge in [-0.3, -0.25) is 0 Å². The van der Waals surface area contributed by atoms with Crippen molar-refractivity contribution in [2.75, 3.05) is 31.6 Å². The number of para-hydroxylation sites is 1. The normalized spacial score (nSPS) is 10.8. The summed E-state index contributed by atoms with van der Waals surface area (Å²) in [6.07, 6.45) is 2.47. The van der Waals surface area contributed by atoms with E-state index in [-0.39, 0.29) is 0 Å². The number of anilines is 1. The van der Waals surface area contributed by atoms with E-state index in [1.54, 1.807) is 0 Å². The van der Waals surface area contributed by atoms with Gasteiger partial charge in [0.25, 0.3) is 0 Å². The van der Waals surface area contributed by atoms with Crippen LogP contribution in [0.5, 0.6) is 0 Å². The van der Waals surface area contributed by atoms with Crippen LogP contribution in [-0.4, -0.2) is 26.7 Å². The molecule has 2 heteroatoms. The van der Waals surface area contributed by atoms with Gasteiger partial charge in [-0.15, -0.1) is 0 Å². The summed E-state index contributed by atoms with van der Waals surface area (Å²) in [6.45, 7) is 7.91. The van der Waals surface area contributed by atoms with Crippen molar-refractivity contribution in [2.45, 2.75) is 26.7 Å². The van der Waals surface area contributed by atoms with E-state index in [1.165, 1.54) is 18.5 Å². The fourth-order valence-electron chi connectivity index (χ4n) is 1.77. The minimum atomic E-state index is 0.800. The topological polar surface area (TPSA) is 15.3 Å². The minimum absolute atomic E-state index is 0.800. The van der Waals surface area contributed by atoms with Gasteiger partial charge in [-0.2, -0.15) is 0 Å². The molecule has 1 N–H and O–H groups in total. The van der Waals surface area contributed by atoms with Gasteiger partial charge in [0.1, 0.15) is 0 Å². The van der Waals surface area contributed by atoms with Gasteiger partial charge >= 0.3 is 0 Å². The second-order valence-electron chi connectivity index (χ2n) is 5.04. The van der Waals surface area contributed by atoms with Crippen molar-refractivity contribution >= 4 is 5.69 Å². The Balaban J connectivity index is 2.07. The summed E-state index contributed by atoms with van der Waals surface area (Å²) in [7, 11) is 2.16. The summed E-state index contributed by atoms with van der Waals surface area (Å²) < 4.78 is 0. The summed E-state index contributed by atoms with van der Waals surface area (Å²) in [5, 5.41) is 3.50. The molecule has 0 atom stereocenters. The highest BCUT2D eigenvalue weighted by Crippen LogP contribution is 2.10. The van der Waals surface area contributed by atoms with E-state index < -0.39 is 0 Å². The molecule has 0 fully saturated rings. The highest BCUT2D eigenvalue weighted by atomic mass is 15.1. The molecule has 0 radical (unpaired) electrons. The van der Waals surface area contributed by atoms with Crippen LogP contribution in [0.25, 0.3) is 0 Å². The molecule has 0 unspecified atom stereocenters. The van der Waals surface area contributed by atoms with Crippen molar-refractivity contribution in [3.8, 4) is 0 Å². The molecule has 2 nitrogen and oxygen atoms in total. The molecule has 0 amide bonds. The number of rotatable bonds is 8. The van der Waals surface area contributed by atoms with E-state index in [9.17, 15) is 0 Å². The second kappa shape index (κ2) is 8.13. The molecular weight excluding hydrogens is 208 g/mol. The van der Waals surface area contributed by atoms with E-state index in [0.29, 0.717) is 0 Å². The number of nitrogens with zero attached hydrogens (tertiary/aromatic N) is 1. The van der Waals surface area contributed by atoms with Crippen LogP contribution in [-0.2, 0) is 0 Å². The van der Waals surface area contributed by atoms with Gasteiger partial charge in [0.2, 0.25) is 0 Å². The maximum atomic E-state index is 3.50. The largest absolute Gasteiger partial charge is 0.375 e. The monoisotopic (exact) mass is 234 g/mol. The molecule has 0 bridgehead atoms. The number of hydrogen-bond donors (Lipinski definition) is 1. The molecule has 1 rings (SSSR count). The Hall–Kier alpha value is -1.02. The first-order chi connectivity index (χ1) is 8.20. The Morgan fingerprint density at radius 1 is 1.12 bits per heavy atom. The minimum Gasteiger partial charge on any atom is -0.375 e. The molecule has 0 saturated carbocycles. The van der Waals surface area contributed by atoms with Crippen LogP contribution in [0.4, 0.5) is 5.69 Å². The fraction of sp³-hybridized carbons (Fsp3) is 0.600. The lowest BCUT2D eigenvalue weighted by Crippen LogP contribution is -2.24. The lowest BCUT2D eigenvalue weighted by Gasteiger charge is -2.19. The summed E-state index contributed by atoms with van der Waals surface area (Å²) in [4.78, 5) is 2.31. The summed E-state index contributed by atoms with van der Waals surface area (Å²) in [5.74, 6) is 0.800. The SMILES string of the molecule is CC(C)CCNCCCN(C)c1ccccc1. The number of nitrogens with one attached hydrogen (secondary N) is 1. The zero-order chi connectivity index (χ0) is 12.5. The third-order valence-electron chi connectivity index (χ3n) is 2.94. The first-order valence-electron chi connectivity index (χ1n) is 6.67. The van der Waals surface area contributed by atoms with E-state index in [2.05, 4.69) is 61.4 Å². The molecule has 0 aromatic heterocycles. The van der Waals surface area contributed by atoms with E-state index >= 15 is 0 Å². The molecule has 0 aliphatic heterocycles. The van der Waals surface area contributed by atoms with Gasteiger partial charge in [-0.1, -0.05) is 32.0 Å². The van der Waals surface area contributed by atoms with Gasteiger partial charge in [-0.05, 0) is 44.0 Å². The van der Waals surface area contributed by atoms with Crippen LogP contribution >= 0.6 is 0 Å². The van der Waals surface area contributed by atoms with Gasteiger partial charge in [0.05, 0.1) is 0 Å². The standard InChI is InChI=1S/C15H26N2/c1-14(2)10-12-16-11-7-13-17(3)15-8-5-4-6-9-15/h4-6,8-9,14,16H,7,10-13H2,1-3H3. The third-order valence-corrected chi connectivity index (χ3v) is 2.94. The van der Waals surface area contributed by atoms with Crippen LogP contribution in [0.1, 0.15) is 26.7 Å². The molecule has 17 heavy (non-hydrogen) atoms. The molecular formula is C15H26N2. The first-order valence-corrected chi connectivity index (χ1v) is 6.67. The maximum absolute atomic E-state index is 3.50. The molecule has 0 heterocycles. The number of benzene rings is 1. The van der Waals surface area contributed by atoms with Crippen LogP contribution < -0.4 is 10.2 Å². The third kappa shape index (κ3) is 6.32. The zero-order valence-corrected chi connectivity index (χ0v) is 11.4. The van der Waals surface area contributed by atoms with Crippen molar-refractivity contribution in [3.63, 3.8) is 0 Å². The molecule has 0 spiro atoms. The van der Waals surface area contributed by atoms with Crippen LogP contribution in [0, 0.1) is 5.92 Å². The highest BCUT2D eigenvalue weighted by Gasteiger charge is 1.99. The van der Waals surface area contributed by atoms with Crippen LogP contribution in [0.15, 0.2) is 30.3 Å². The van der Waals surface area contributed by atoms with Crippen molar-refractivity contribution in [2.24, 2.45) is 5.92 Å². The predicted molar refractivity (Wildman–Crippen MR) is 76.7 cm³/mol. The van der Waals surface area contributed by atoms with Crippen molar-refractivity contribution < 1.29 is 0 Å².